The highest BCUT2D eigenvalue weighted by Crippen LogP contribution is 2.46. The van der Waals surface area contributed by atoms with E-state index in [1.54, 1.807) is 0 Å². The van der Waals surface area contributed by atoms with E-state index < -0.39 is 5.82 Å². The fraction of sp³-hybridized carbons (Fsp3) is 0.308. The lowest BCUT2D eigenvalue weighted by Crippen LogP contribution is -1.90. The minimum Gasteiger partial charge on any atom is -0.360 e. The van der Waals surface area contributed by atoms with Crippen LogP contribution in [0.1, 0.15) is 30.1 Å². The van der Waals surface area contributed by atoms with Gasteiger partial charge in [-0.3, -0.25) is 0 Å². The number of hydrogen-bond donors (Lipinski definition) is 0. The van der Waals surface area contributed by atoms with E-state index in [0.717, 1.165) is 24.2 Å². The fourth-order valence-corrected chi connectivity index (χ4v) is 2.98. The number of halogens is 4. The van der Waals surface area contributed by atoms with Gasteiger partial charge in [0.15, 0.2) is 0 Å². The third-order valence-electron chi connectivity index (χ3n) is 3.14. The fourth-order valence-electron chi connectivity index (χ4n) is 2.08. The SMILES string of the molecule is Fc1cc(Cl)c(-c2noc(C3CC3)c2CCl)c(Cl)c1. The number of alkyl halides is 1. The van der Waals surface area contributed by atoms with Crippen LogP contribution in [0.25, 0.3) is 11.3 Å². The summed E-state index contributed by atoms with van der Waals surface area (Å²) in [5, 5.41) is 4.42. The molecule has 1 aliphatic carbocycles. The number of hydrogen-bond acceptors (Lipinski definition) is 2. The van der Waals surface area contributed by atoms with Crippen molar-refractivity contribution >= 4 is 34.8 Å². The molecule has 0 saturated heterocycles. The molecule has 1 heterocycles. The first-order valence-electron chi connectivity index (χ1n) is 5.81. The van der Waals surface area contributed by atoms with Gasteiger partial charge in [-0.15, -0.1) is 11.6 Å². The van der Waals surface area contributed by atoms with Gasteiger partial charge in [-0.05, 0) is 25.0 Å². The molecule has 1 saturated carbocycles. The molecule has 3 rings (SSSR count). The molecule has 2 nitrogen and oxygen atoms in total. The predicted octanol–water partition coefficient (Wildman–Crippen LogP) is 5.40. The van der Waals surface area contributed by atoms with Crippen LogP contribution in [0.5, 0.6) is 0 Å². The van der Waals surface area contributed by atoms with Crippen molar-refractivity contribution in [3.05, 3.63) is 39.3 Å². The van der Waals surface area contributed by atoms with E-state index in [4.69, 9.17) is 39.3 Å². The Labute approximate surface area is 124 Å². The third kappa shape index (κ3) is 2.35. The number of benzene rings is 1. The van der Waals surface area contributed by atoms with Crippen LogP contribution in [0.3, 0.4) is 0 Å². The maximum atomic E-state index is 13.2. The van der Waals surface area contributed by atoms with Gasteiger partial charge in [-0.1, -0.05) is 28.4 Å². The average Bonchev–Trinajstić information content (AvgIpc) is 3.09. The Balaban J connectivity index is 2.17. The molecule has 2 aromatic rings. The predicted molar refractivity (Wildman–Crippen MR) is 73.4 cm³/mol. The second kappa shape index (κ2) is 4.97. The quantitative estimate of drug-likeness (QED) is 0.707. The van der Waals surface area contributed by atoms with Crippen molar-refractivity contribution in [2.24, 2.45) is 0 Å². The van der Waals surface area contributed by atoms with Gasteiger partial charge < -0.3 is 4.52 Å². The third-order valence-corrected chi connectivity index (χ3v) is 4.01. The van der Waals surface area contributed by atoms with Crippen LogP contribution >= 0.6 is 34.8 Å². The molecule has 6 heteroatoms. The molecule has 100 valence electrons. The highest BCUT2D eigenvalue weighted by atomic mass is 35.5. The largest absolute Gasteiger partial charge is 0.360 e. The summed E-state index contributed by atoms with van der Waals surface area (Å²) < 4.78 is 18.6. The minimum atomic E-state index is -0.489. The maximum absolute atomic E-state index is 13.2. The van der Waals surface area contributed by atoms with Gasteiger partial charge in [0.05, 0.1) is 15.9 Å². The summed E-state index contributed by atoms with van der Waals surface area (Å²) in [6.07, 6.45) is 2.15. The Kier molecular flexibility index (Phi) is 3.46. The van der Waals surface area contributed by atoms with Gasteiger partial charge in [0, 0.05) is 17.0 Å². The van der Waals surface area contributed by atoms with Crippen LogP contribution in [0.4, 0.5) is 4.39 Å². The summed E-state index contributed by atoms with van der Waals surface area (Å²) in [6, 6.07) is 2.40. The maximum Gasteiger partial charge on any atom is 0.144 e. The first kappa shape index (κ1) is 13.2. The molecule has 0 radical (unpaired) electrons. The van der Waals surface area contributed by atoms with E-state index in [1.807, 2.05) is 0 Å². The van der Waals surface area contributed by atoms with Crippen LogP contribution in [0.15, 0.2) is 16.7 Å². The zero-order valence-corrected chi connectivity index (χ0v) is 12.0. The van der Waals surface area contributed by atoms with E-state index in [2.05, 4.69) is 5.16 Å². The molecule has 1 aromatic heterocycles. The topological polar surface area (TPSA) is 26.0 Å². The molecule has 0 atom stereocenters. The van der Waals surface area contributed by atoms with Crippen LogP contribution < -0.4 is 0 Å². The molecule has 0 bridgehead atoms. The summed E-state index contributed by atoms with van der Waals surface area (Å²) in [6.45, 7) is 0. The molecule has 1 fully saturated rings. The number of aromatic nitrogens is 1. The summed E-state index contributed by atoms with van der Waals surface area (Å²) >= 11 is 18.1. The Morgan fingerprint density at radius 3 is 2.42 bits per heavy atom. The number of rotatable bonds is 3. The second-order valence-electron chi connectivity index (χ2n) is 4.53. The van der Waals surface area contributed by atoms with Crippen molar-refractivity contribution in [1.29, 1.82) is 0 Å². The first-order chi connectivity index (χ1) is 9.11. The Morgan fingerprint density at radius 2 is 1.89 bits per heavy atom. The molecule has 1 aliphatic rings. The van der Waals surface area contributed by atoms with Gasteiger partial charge in [-0.2, -0.15) is 0 Å². The van der Waals surface area contributed by atoms with E-state index in [0.29, 0.717) is 17.2 Å². The van der Waals surface area contributed by atoms with Crippen molar-refractivity contribution in [2.75, 3.05) is 0 Å². The molecular formula is C13H9Cl3FNO. The summed E-state index contributed by atoms with van der Waals surface area (Å²) in [4.78, 5) is 0. The van der Waals surface area contributed by atoms with Gasteiger partial charge >= 0.3 is 0 Å². The number of nitrogens with zero attached hydrogens (tertiary/aromatic N) is 1. The smallest absolute Gasteiger partial charge is 0.144 e. The van der Waals surface area contributed by atoms with E-state index in [9.17, 15) is 4.39 Å². The Morgan fingerprint density at radius 1 is 1.26 bits per heavy atom. The molecule has 0 spiro atoms. The lowest BCUT2D eigenvalue weighted by Gasteiger charge is -2.05. The van der Waals surface area contributed by atoms with Crippen molar-refractivity contribution in [3.8, 4) is 11.3 Å². The normalized spacial score (nSPS) is 14.9. The van der Waals surface area contributed by atoms with Gasteiger partial charge in [0.2, 0.25) is 0 Å². The summed E-state index contributed by atoms with van der Waals surface area (Å²) in [7, 11) is 0. The van der Waals surface area contributed by atoms with Crippen LogP contribution in [-0.2, 0) is 5.88 Å². The monoisotopic (exact) mass is 319 g/mol. The molecule has 1 aromatic carbocycles. The van der Waals surface area contributed by atoms with Crippen LogP contribution in [0.2, 0.25) is 10.0 Å². The minimum absolute atomic E-state index is 0.201. The molecule has 0 amide bonds. The highest BCUT2D eigenvalue weighted by molar-refractivity contribution is 6.39. The van der Waals surface area contributed by atoms with E-state index in [1.165, 1.54) is 12.1 Å². The first-order valence-corrected chi connectivity index (χ1v) is 7.10. The van der Waals surface area contributed by atoms with Gasteiger partial charge in [-0.25, -0.2) is 4.39 Å². The second-order valence-corrected chi connectivity index (χ2v) is 5.61. The van der Waals surface area contributed by atoms with E-state index >= 15 is 0 Å². The molecule has 0 unspecified atom stereocenters. The zero-order valence-electron chi connectivity index (χ0n) is 9.72. The molecule has 0 N–H and O–H groups in total. The lowest BCUT2D eigenvalue weighted by atomic mass is 10.1. The zero-order chi connectivity index (χ0) is 13.6. The van der Waals surface area contributed by atoms with Crippen LogP contribution in [-0.4, -0.2) is 5.16 Å². The van der Waals surface area contributed by atoms with Gasteiger partial charge in [0.1, 0.15) is 17.3 Å². The van der Waals surface area contributed by atoms with Crippen molar-refractivity contribution < 1.29 is 8.91 Å². The van der Waals surface area contributed by atoms with Crippen LogP contribution in [0, 0.1) is 5.82 Å². The van der Waals surface area contributed by atoms with Crippen molar-refractivity contribution in [2.45, 2.75) is 24.6 Å². The highest BCUT2D eigenvalue weighted by Gasteiger charge is 2.33. The molecule has 19 heavy (non-hydrogen) atoms. The Hall–Kier alpha value is -0.770. The lowest BCUT2D eigenvalue weighted by molar-refractivity contribution is 0.385. The Bertz CT molecular complexity index is 614. The summed E-state index contributed by atoms with van der Waals surface area (Å²) in [5.41, 5.74) is 1.77. The van der Waals surface area contributed by atoms with E-state index in [-0.39, 0.29) is 15.9 Å². The molecular weight excluding hydrogens is 312 g/mol. The average molecular weight is 321 g/mol. The van der Waals surface area contributed by atoms with Crippen molar-refractivity contribution in [1.82, 2.24) is 5.16 Å². The summed E-state index contributed by atoms with van der Waals surface area (Å²) in [5.74, 6) is 0.945. The standard InChI is InChI=1S/C13H9Cl3FNO/c14-5-8-12(18-19-13(8)6-1-2-6)11-9(15)3-7(17)4-10(11)16/h3-4,6H,1-2,5H2. The van der Waals surface area contributed by atoms with Gasteiger partial charge in [0.25, 0.3) is 0 Å². The molecule has 0 aliphatic heterocycles. The van der Waals surface area contributed by atoms with Crippen molar-refractivity contribution in [3.63, 3.8) is 0 Å².